The van der Waals surface area contributed by atoms with E-state index >= 15 is 0 Å². The molecule has 2 aromatic carbocycles. The summed E-state index contributed by atoms with van der Waals surface area (Å²) >= 11 is 0. The molecular formula is C18H15FN2O2. The van der Waals surface area contributed by atoms with Crippen molar-refractivity contribution in [2.45, 2.75) is 6.92 Å². The number of nitrogens with zero attached hydrogens (tertiary/aromatic N) is 1. The molecule has 2 aromatic rings. The number of carbonyl (C=O) groups is 1. The number of carbonyl (C=O) groups excluding carboxylic acids is 1. The fourth-order valence-electron chi connectivity index (χ4n) is 1.92. The van der Waals surface area contributed by atoms with Crippen molar-refractivity contribution in [3.05, 3.63) is 65.0 Å². The number of hydrogen-bond donors (Lipinski definition) is 1. The third-order valence-electron chi connectivity index (χ3n) is 3.16. The molecule has 0 unspecified atom stereocenters. The topological polar surface area (TPSA) is 62.1 Å². The van der Waals surface area contributed by atoms with Gasteiger partial charge in [-0.15, -0.1) is 0 Å². The van der Waals surface area contributed by atoms with Crippen molar-refractivity contribution in [1.82, 2.24) is 0 Å². The fourth-order valence-corrected chi connectivity index (χ4v) is 1.92. The number of anilines is 1. The van der Waals surface area contributed by atoms with E-state index in [4.69, 9.17) is 10.00 Å². The molecule has 0 bridgehead atoms. The summed E-state index contributed by atoms with van der Waals surface area (Å²) in [5.41, 5.74) is 1.93. The van der Waals surface area contributed by atoms with Gasteiger partial charge in [0, 0.05) is 5.69 Å². The second-order valence-electron chi connectivity index (χ2n) is 4.88. The lowest BCUT2D eigenvalue weighted by Crippen LogP contribution is -2.13. The highest BCUT2D eigenvalue weighted by molar-refractivity contribution is 6.09. The van der Waals surface area contributed by atoms with Crippen LogP contribution in [0.25, 0.3) is 6.08 Å². The van der Waals surface area contributed by atoms with Gasteiger partial charge in [-0.1, -0.05) is 23.8 Å². The summed E-state index contributed by atoms with van der Waals surface area (Å²) in [5, 5.41) is 11.8. The van der Waals surface area contributed by atoms with Crippen molar-refractivity contribution in [3.8, 4) is 11.8 Å². The molecule has 5 heteroatoms. The van der Waals surface area contributed by atoms with Gasteiger partial charge in [0.05, 0.1) is 7.11 Å². The molecule has 0 saturated carbocycles. The monoisotopic (exact) mass is 310 g/mol. The number of benzene rings is 2. The minimum absolute atomic E-state index is 0.102. The Hall–Kier alpha value is -3.13. The molecule has 0 heterocycles. The van der Waals surface area contributed by atoms with Crippen LogP contribution in [0.2, 0.25) is 0 Å². The van der Waals surface area contributed by atoms with Gasteiger partial charge in [-0.2, -0.15) is 5.26 Å². The van der Waals surface area contributed by atoms with Crippen molar-refractivity contribution in [3.63, 3.8) is 0 Å². The molecule has 0 saturated heterocycles. The highest BCUT2D eigenvalue weighted by Crippen LogP contribution is 2.19. The fraction of sp³-hybridized carbons (Fsp3) is 0.111. The predicted molar refractivity (Wildman–Crippen MR) is 86.4 cm³/mol. The van der Waals surface area contributed by atoms with Crippen molar-refractivity contribution in [2.24, 2.45) is 0 Å². The van der Waals surface area contributed by atoms with Gasteiger partial charge in [-0.25, -0.2) is 4.39 Å². The molecule has 0 aliphatic heterocycles. The van der Waals surface area contributed by atoms with Gasteiger partial charge >= 0.3 is 0 Å². The molecule has 0 fully saturated rings. The van der Waals surface area contributed by atoms with Gasteiger partial charge in [-0.3, -0.25) is 4.79 Å². The molecule has 0 aliphatic rings. The van der Waals surface area contributed by atoms with Gasteiger partial charge in [0.15, 0.2) is 11.6 Å². The van der Waals surface area contributed by atoms with E-state index in [1.165, 1.54) is 25.3 Å². The van der Waals surface area contributed by atoms with Crippen LogP contribution in [0.5, 0.6) is 5.75 Å². The average Bonchev–Trinajstić information content (AvgIpc) is 2.54. The van der Waals surface area contributed by atoms with E-state index in [2.05, 4.69) is 5.32 Å². The summed E-state index contributed by atoms with van der Waals surface area (Å²) in [4.78, 5) is 12.1. The largest absolute Gasteiger partial charge is 0.494 e. The van der Waals surface area contributed by atoms with Gasteiger partial charge in [-0.05, 0) is 42.8 Å². The Bertz CT molecular complexity index is 790. The van der Waals surface area contributed by atoms with Gasteiger partial charge < -0.3 is 10.1 Å². The smallest absolute Gasteiger partial charge is 0.266 e. The second-order valence-corrected chi connectivity index (χ2v) is 4.88. The van der Waals surface area contributed by atoms with E-state index in [1.807, 2.05) is 25.1 Å². The molecular weight excluding hydrogens is 295 g/mol. The van der Waals surface area contributed by atoms with Crippen LogP contribution in [0.4, 0.5) is 10.1 Å². The molecule has 0 aliphatic carbocycles. The first-order chi connectivity index (χ1) is 11.0. The summed E-state index contributed by atoms with van der Waals surface area (Å²) in [6.45, 7) is 1.93. The minimum Gasteiger partial charge on any atom is -0.494 e. The summed E-state index contributed by atoms with van der Waals surface area (Å²) in [6, 6.07) is 13.2. The van der Waals surface area contributed by atoms with E-state index in [9.17, 15) is 9.18 Å². The summed E-state index contributed by atoms with van der Waals surface area (Å²) in [6.07, 6.45) is 1.33. The molecule has 1 N–H and O–H groups in total. The van der Waals surface area contributed by atoms with Crippen molar-refractivity contribution >= 4 is 17.7 Å². The summed E-state index contributed by atoms with van der Waals surface area (Å²) < 4.78 is 18.5. The average molecular weight is 310 g/mol. The maximum absolute atomic E-state index is 13.7. The van der Waals surface area contributed by atoms with Crippen LogP contribution in [0, 0.1) is 24.1 Å². The maximum Gasteiger partial charge on any atom is 0.266 e. The zero-order valence-corrected chi connectivity index (χ0v) is 12.8. The number of hydrogen-bond acceptors (Lipinski definition) is 3. The lowest BCUT2D eigenvalue weighted by Gasteiger charge is -2.05. The first-order valence-corrected chi connectivity index (χ1v) is 6.87. The molecule has 0 spiro atoms. The van der Waals surface area contributed by atoms with E-state index in [0.717, 1.165) is 5.56 Å². The van der Waals surface area contributed by atoms with Gasteiger partial charge in [0.2, 0.25) is 0 Å². The molecule has 116 valence electrons. The van der Waals surface area contributed by atoms with E-state index in [-0.39, 0.29) is 11.3 Å². The SMILES string of the molecule is COc1ccc(/C=C(/C#N)C(=O)Nc2ccc(C)cc2)cc1F. The normalized spacial score (nSPS) is 10.8. The van der Waals surface area contributed by atoms with Crippen LogP contribution in [0.15, 0.2) is 48.0 Å². The van der Waals surface area contributed by atoms with Crippen LogP contribution < -0.4 is 10.1 Å². The molecule has 0 atom stereocenters. The van der Waals surface area contributed by atoms with Crippen LogP contribution in [-0.2, 0) is 4.79 Å². The highest BCUT2D eigenvalue weighted by Gasteiger charge is 2.10. The molecule has 0 radical (unpaired) electrons. The third-order valence-corrected chi connectivity index (χ3v) is 3.16. The number of nitriles is 1. The standard InChI is InChI=1S/C18H15FN2O2/c1-12-3-6-15(7-4-12)21-18(22)14(11-20)9-13-5-8-17(23-2)16(19)10-13/h3-10H,1-2H3,(H,21,22)/b14-9-. The van der Waals surface area contributed by atoms with E-state index < -0.39 is 11.7 Å². The zero-order valence-electron chi connectivity index (χ0n) is 12.8. The van der Waals surface area contributed by atoms with Crippen molar-refractivity contribution < 1.29 is 13.9 Å². The quantitative estimate of drug-likeness (QED) is 0.692. The van der Waals surface area contributed by atoms with Crippen LogP contribution in [-0.4, -0.2) is 13.0 Å². The minimum atomic E-state index is -0.558. The molecule has 0 aromatic heterocycles. The highest BCUT2D eigenvalue weighted by atomic mass is 19.1. The molecule has 23 heavy (non-hydrogen) atoms. The number of nitrogens with one attached hydrogen (secondary N) is 1. The number of amides is 1. The Morgan fingerprint density at radius 1 is 1.26 bits per heavy atom. The number of methoxy groups -OCH3 is 1. The number of halogens is 1. The number of aryl methyl sites for hydroxylation is 1. The zero-order chi connectivity index (χ0) is 16.8. The van der Waals surface area contributed by atoms with Crippen molar-refractivity contribution in [1.29, 1.82) is 5.26 Å². The van der Waals surface area contributed by atoms with Gasteiger partial charge in [0.1, 0.15) is 11.6 Å². The second kappa shape index (κ2) is 7.23. The molecule has 1 amide bonds. The molecule has 4 nitrogen and oxygen atoms in total. The first kappa shape index (κ1) is 16.2. The van der Waals surface area contributed by atoms with Crippen LogP contribution in [0.3, 0.4) is 0 Å². The number of ether oxygens (including phenoxy) is 1. The number of rotatable bonds is 4. The summed E-state index contributed by atoms with van der Waals surface area (Å²) in [7, 11) is 1.36. The van der Waals surface area contributed by atoms with Gasteiger partial charge in [0.25, 0.3) is 5.91 Å². The Kier molecular flexibility index (Phi) is 5.11. The van der Waals surface area contributed by atoms with Crippen molar-refractivity contribution in [2.75, 3.05) is 12.4 Å². The predicted octanol–water partition coefficient (Wildman–Crippen LogP) is 3.69. The van der Waals surface area contributed by atoms with E-state index in [0.29, 0.717) is 11.3 Å². The lowest BCUT2D eigenvalue weighted by atomic mass is 10.1. The van der Waals surface area contributed by atoms with Crippen LogP contribution in [0.1, 0.15) is 11.1 Å². The Labute approximate surface area is 133 Å². The van der Waals surface area contributed by atoms with Crippen LogP contribution >= 0.6 is 0 Å². The molecule has 2 rings (SSSR count). The first-order valence-electron chi connectivity index (χ1n) is 6.87. The van der Waals surface area contributed by atoms with E-state index in [1.54, 1.807) is 18.2 Å². The maximum atomic E-state index is 13.7. The Morgan fingerprint density at radius 3 is 2.52 bits per heavy atom. The Morgan fingerprint density at radius 2 is 1.96 bits per heavy atom. The third kappa shape index (κ3) is 4.17. The summed E-state index contributed by atoms with van der Waals surface area (Å²) in [5.74, 6) is -1.00. The lowest BCUT2D eigenvalue weighted by molar-refractivity contribution is -0.112. The Balaban J connectivity index is 2.21.